The minimum atomic E-state index is 0.00557. The average Bonchev–Trinajstić information content (AvgIpc) is 2.48. The van der Waals surface area contributed by atoms with Crippen LogP contribution in [-0.2, 0) is 16.0 Å². The zero-order chi connectivity index (χ0) is 14.4. The van der Waals surface area contributed by atoms with Gasteiger partial charge in [-0.3, -0.25) is 4.79 Å². The van der Waals surface area contributed by atoms with Crippen molar-refractivity contribution in [3.8, 4) is 0 Å². The molecule has 0 bridgehead atoms. The zero-order valence-corrected chi connectivity index (χ0v) is 12.3. The van der Waals surface area contributed by atoms with E-state index < -0.39 is 0 Å². The number of pyridine rings is 1. The Balaban J connectivity index is 2.00. The van der Waals surface area contributed by atoms with Gasteiger partial charge in [-0.1, -0.05) is 0 Å². The largest absolute Gasteiger partial charge is 0.383 e. The summed E-state index contributed by atoms with van der Waals surface area (Å²) in [5.41, 5.74) is 0.994. The van der Waals surface area contributed by atoms with Gasteiger partial charge < -0.3 is 19.4 Å². The molecule has 1 aliphatic rings. The van der Waals surface area contributed by atoms with Crippen molar-refractivity contribution in [2.75, 3.05) is 26.1 Å². The van der Waals surface area contributed by atoms with Crippen LogP contribution < -0.4 is 10.9 Å². The fourth-order valence-corrected chi connectivity index (χ4v) is 2.71. The molecule has 0 amide bonds. The number of rotatable bonds is 6. The summed E-state index contributed by atoms with van der Waals surface area (Å²) in [6, 6.07) is 3.87. The number of methoxy groups -OCH3 is 2. The highest BCUT2D eigenvalue weighted by Crippen LogP contribution is 2.23. The van der Waals surface area contributed by atoms with Crippen LogP contribution in [0.2, 0.25) is 0 Å². The average molecular weight is 280 g/mol. The molecule has 1 N–H and O–H groups in total. The number of anilines is 1. The Kier molecular flexibility index (Phi) is 5.61. The van der Waals surface area contributed by atoms with Gasteiger partial charge in [0.05, 0.1) is 18.4 Å². The number of nitrogens with zero attached hydrogens (tertiary/aromatic N) is 1. The molecule has 20 heavy (non-hydrogen) atoms. The first-order valence-corrected chi connectivity index (χ1v) is 7.21. The van der Waals surface area contributed by atoms with Crippen molar-refractivity contribution in [1.29, 1.82) is 0 Å². The van der Waals surface area contributed by atoms with Crippen molar-refractivity contribution < 1.29 is 9.47 Å². The normalized spacial score (nSPS) is 22.7. The van der Waals surface area contributed by atoms with E-state index in [0.717, 1.165) is 24.9 Å². The lowest BCUT2D eigenvalue weighted by Crippen LogP contribution is -2.31. The van der Waals surface area contributed by atoms with Crippen molar-refractivity contribution in [1.82, 2.24) is 4.57 Å². The Labute approximate surface area is 119 Å². The van der Waals surface area contributed by atoms with E-state index in [1.165, 1.54) is 6.42 Å². The van der Waals surface area contributed by atoms with Gasteiger partial charge in [-0.15, -0.1) is 0 Å². The summed E-state index contributed by atoms with van der Waals surface area (Å²) in [5.74, 6) is 0. The van der Waals surface area contributed by atoms with Crippen LogP contribution in [0.1, 0.15) is 25.7 Å². The van der Waals surface area contributed by atoms with E-state index >= 15 is 0 Å². The molecule has 1 aromatic rings. The lowest BCUT2D eigenvalue weighted by Gasteiger charge is -2.29. The summed E-state index contributed by atoms with van der Waals surface area (Å²) in [7, 11) is 3.41. The Morgan fingerprint density at radius 2 is 2.20 bits per heavy atom. The smallest absolute Gasteiger partial charge is 0.250 e. The van der Waals surface area contributed by atoms with Crippen LogP contribution in [-0.4, -0.2) is 37.5 Å². The van der Waals surface area contributed by atoms with Crippen LogP contribution >= 0.6 is 0 Å². The van der Waals surface area contributed by atoms with Gasteiger partial charge in [0.1, 0.15) is 0 Å². The Morgan fingerprint density at radius 3 is 2.95 bits per heavy atom. The highest BCUT2D eigenvalue weighted by molar-refractivity contribution is 5.41. The summed E-state index contributed by atoms with van der Waals surface area (Å²) in [6.07, 6.45) is 6.71. The van der Waals surface area contributed by atoms with Crippen molar-refractivity contribution >= 4 is 5.69 Å². The minimum absolute atomic E-state index is 0.00557. The molecular weight excluding hydrogens is 256 g/mol. The first-order valence-electron chi connectivity index (χ1n) is 7.21. The monoisotopic (exact) mass is 280 g/mol. The molecule has 5 nitrogen and oxygen atoms in total. The van der Waals surface area contributed by atoms with Crippen molar-refractivity contribution in [3.05, 3.63) is 28.7 Å². The van der Waals surface area contributed by atoms with Crippen LogP contribution in [0, 0.1) is 0 Å². The van der Waals surface area contributed by atoms with Gasteiger partial charge in [-0.05, 0) is 31.7 Å². The SMILES string of the molecule is COCCn1cc(NC2CCCC(OC)C2)ccc1=O. The van der Waals surface area contributed by atoms with Crippen LogP contribution in [0.3, 0.4) is 0 Å². The molecule has 2 rings (SSSR count). The summed E-state index contributed by atoms with van der Waals surface area (Å²) in [6.45, 7) is 1.12. The topological polar surface area (TPSA) is 52.5 Å². The van der Waals surface area contributed by atoms with E-state index in [-0.39, 0.29) is 5.56 Å². The van der Waals surface area contributed by atoms with Gasteiger partial charge in [-0.2, -0.15) is 0 Å². The molecule has 0 saturated heterocycles. The van der Waals surface area contributed by atoms with Crippen LogP contribution in [0.4, 0.5) is 5.69 Å². The summed E-state index contributed by atoms with van der Waals surface area (Å²) in [4.78, 5) is 11.7. The van der Waals surface area contributed by atoms with Crippen LogP contribution in [0.15, 0.2) is 23.1 Å². The second-order valence-corrected chi connectivity index (χ2v) is 5.31. The van der Waals surface area contributed by atoms with E-state index in [0.29, 0.717) is 25.3 Å². The number of hydrogen-bond donors (Lipinski definition) is 1. The highest BCUT2D eigenvalue weighted by Gasteiger charge is 2.21. The predicted octanol–water partition coefficient (Wildman–Crippen LogP) is 1.86. The molecule has 0 aliphatic heterocycles. The molecule has 112 valence electrons. The van der Waals surface area contributed by atoms with Crippen molar-refractivity contribution in [3.63, 3.8) is 0 Å². The second-order valence-electron chi connectivity index (χ2n) is 5.31. The summed E-state index contributed by atoms with van der Waals surface area (Å²) >= 11 is 0. The maximum atomic E-state index is 11.7. The molecule has 2 atom stereocenters. The van der Waals surface area contributed by atoms with Crippen LogP contribution in [0.25, 0.3) is 0 Å². The molecule has 0 aromatic carbocycles. The Morgan fingerprint density at radius 1 is 1.35 bits per heavy atom. The van der Waals surface area contributed by atoms with Gasteiger partial charge >= 0.3 is 0 Å². The minimum Gasteiger partial charge on any atom is -0.383 e. The molecule has 2 unspecified atom stereocenters. The molecule has 1 aromatic heterocycles. The van der Waals surface area contributed by atoms with Gasteiger partial charge in [-0.25, -0.2) is 0 Å². The van der Waals surface area contributed by atoms with Crippen molar-refractivity contribution in [2.45, 2.75) is 44.4 Å². The highest BCUT2D eigenvalue weighted by atomic mass is 16.5. The third-order valence-electron chi connectivity index (χ3n) is 3.85. The zero-order valence-electron chi connectivity index (χ0n) is 12.3. The molecule has 1 saturated carbocycles. The molecule has 5 heteroatoms. The third kappa shape index (κ3) is 4.08. The van der Waals surface area contributed by atoms with Crippen LogP contribution in [0.5, 0.6) is 0 Å². The number of hydrogen-bond acceptors (Lipinski definition) is 4. The fourth-order valence-electron chi connectivity index (χ4n) is 2.71. The molecule has 1 aliphatic carbocycles. The second kappa shape index (κ2) is 7.45. The first kappa shape index (κ1) is 15.1. The molecule has 1 heterocycles. The third-order valence-corrected chi connectivity index (χ3v) is 3.85. The van der Waals surface area contributed by atoms with E-state index in [2.05, 4.69) is 5.32 Å². The van der Waals surface area contributed by atoms with E-state index in [1.807, 2.05) is 12.3 Å². The molecule has 1 fully saturated rings. The summed E-state index contributed by atoms with van der Waals surface area (Å²) in [5, 5.41) is 3.51. The number of aromatic nitrogens is 1. The Hall–Kier alpha value is -1.33. The predicted molar refractivity (Wildman–Crippen MR) is 79.3 cm³/mol. The van der Waals surface area contributed by atoms with Gasteiger partial charge in [0.25, 0.3) is 5.56 Å². The molecule has 0 radical (unpaired) electrons. The van der Waals surface area contributed by atoms with Crippen molar-refractivity contribution in [2.24, 2.45) is 0 Å². The quantitative estimate of drug-likeness (QED) is 0.864. The lowest BCUT2D eigenvalue weighted by atomic mass is 9.93. The fraction of sp³-hybridized carbons (Fsp3) is 0.667. The summed E-state index contributed by atoms with van der Waals surface area (Å²) < 4.78 is 12.1. The first-order chi connectivity index (χ1) is 9.72. The number of ether oxygens (including phenoxy) is 2. The van der Waals surface area contributed by atoms with E-state index in [9.17, 15) is 4.79 Å². The maximum Gasteiger partial charge on any atom is 0.250 e. The number of nitrogens with one attached hydrogen (secondary N) is 1. The van der Waals surface area contributed by atoms with Gasteiger partial charge in [0, 0.05) is 39.1 Å². The van der Waals surface area contributed by atoms with Gasteiger partial charge in [0.2, 0.25) is 0 Å². The molecular formula is C15H24N2O3. The Bertz CT molecular complexity index is 472. The lowest BCUT2D eigenvalue weighted by molar-refractivity contribution is 0.0669. The van der Waals surface area contributed by atoms with Gasteiger partial charge in [0.15, 0.2) is 0 Å². The molecule has 0 spiro atoms. The van der Waals surface area contributed by atoms with E-state index in [1.54, 1.807) is 24.9 Å². The standard InChI is InChI=1S/C15H24N2O3/c1-19-9-8-17-11-13(6-7-15(17)18)16-12-4-3-5-14(10-12)20-2/h6-7,11-12,14,16H,3-5,8-10H2,1-2H3. The maximum absolute atomic E-state index is 11.7. The van der Waals surface area contributed by atoms with E-state index in [4.69, 9.17) is 9.47 Å².